The predicted octanol–water partition coefficient (Wildman–Crippen LogP) is 1.23. The summed E-state index contributed by atoms with van der Waals surface area (Å²) in [5.74, 6) is 0. The van der Waals surface area contributed by atoms with Crippen LogP contribution in [0.5, 0.6) is 0 Å². The van der Waals surface area contributed by atoms with Crippen LogP contribution in [0.25, 0.3) is 0 Å². The number of nitrogens with one attached hydrogen (secondary N) is 1. The summed E-state index contributed by atoms with van der Waals surface area (Å²) in [4.78, 5) is 0. The van der Waals surface area contributed by atoms with E-state index in [9.17, 15) is 8.42 Å². The van der Waals surface area contributed by atoms with E-state index in [2.05, 4.69) is 4.72 Å². The average Bonchev–Trinajstić information content (AvgIpc) is 2.45. The molecule has 126 valence electrons. The third-order valence-corrected chi connectivity index (χ3v) is 5.36. The number of nitrogens with two attached hydrogens (primary N) is 1. The highest BCUT2D eigenvalue weighted by molar-refractivity contribution is 7.87. The Labute approximate surface area is 129 Å². The van der Waals surface area contributed by atoms with Crippen molar-refractivity contribution < 1.29 is 13.2 Å². The maximum atomic E-state index is 12.1. The van der Waals surface area contributed by atoms with Gasteiger partial charge in [-0.05, 0) is 38.5 Å². The molecule has 0 saturated heterocycles. The van der Waals surface area contributed by atoms with E-state index in [1.807, 2.05) is 13.8 Å². The molecule has 1 saturated carbocycles. The lowest BCUT2D eigenvalue weighted by molar-refractivity contribution is 0.0286. The molecular formula is C14H31N3O3S. The Bertz CT molecular complexity index is 362. The van der Waals surface area contributed by atoms with Crippen LogP contribution in [0.3, 0.4) is 0 Å². The first kappa shape index (κ1) is 18.8. The van der Waals surface area contributed by atoms with Gasteiger partial charge in [-0.3, -0.25) is 0 Å². The van der Waals surface area contributed by atoms with Gasteiger partial charge in [-0.2, -0.15) is 17.4 Å². The molecule has 0 amide bonds. The Kier molecular flexibility index (Phi) is 8.73. The third kappa shape index (κ3) is 7.06. The van der Waals surface area contributed by atoms with E-state index in [0.717, 1.165) is 38.5 Å². The molecule has 1 aliphatic carbocycles. The molecule has 0 unspecified atom stereocenters. The first-order valence-electron chi connectivity index (χ1n) is 8.11. The molecule has 0 bridgehead atoms. The van der Waals surface area contributed by atoms with E-state index < -0.39 is 10.2 Å². The summed E-state index contributed by atoms with van der Waals surface area (Å²) in [7, 11) is -3.38. The molecule has 0 radical (unpaired) electrons. The van der Waals surface area contributed by atoms with Crippen molar-refractivity contribution in [2.75, 3.05) is 26.2 Å². The monoisotopic (exact) mass is 321 g/mol. The first-order chi connectivity index (χ1) is 9.99. The molecule has 3 N–H and O–H groups in total. The highest BCUT2D eigenvalue weighted by Gasteiger charge is 2.21. The summed E-state index contributed by atoms with van der Waals surface area (Å²) in [6.07, 6.45) is 5.82. The van der Waals surface area contributed by atoms with Crippen molar-refractivity contribution in [3.8, 4) is 0 Å². The minimum atomic E-state index is -3.38. The van der Waals surface area contributed by atoms with Crippen LogP contribution in [0.15, 0.2) is 0 Å². The second kappa shape index (κ2) is 9.74. The fourth-order valence-electron chi connectivity index (χ4n) is 2.59. The molecule has 0 aromatic heterocycles. The minimum Gasteiger partial charge on any atom is -0.377 e. The smallest absolute Gasteiger partial charge is 0.279 e. The zero-order valence-corrected chi connectivity index (χ0v) is 14.2. The predicted molar refractivity (Wildman–Crippen MR) is 85.3 cm³/mol. The molecule has 0 aromatic carbocycles. The van der Waals surface area contributed by atoms with Crippen molar-refractivity contribution in [2.24, 2.45) is 5.73 Å². The summed E-state index contributed by atoms with van der Waals surface area (Å²) < 4.78 is 34.2. The molecule has 6 nitrogen and oxygen atoms in total. The molecule has 0 spiro atoms. The standard InChI is InChI=1S/C14H31N3O3S/c1-3-10-17(11-4-2)21(18,19)16-9-12-20-14-7-5-13(15)6-8-14/h13-14,16H,3-12,15H2,1-2H3. The van der Waals surface area contributed by atoms with Gasteiger partial charge in [0, 0.05) is 25.7 Å². The van der Waals surface area contributed by atoms with Crippen molar-refractivity contribution in [1.82, 2.24) is 9.03 Å². The van der Waals surface area contributed by atoms with E-state index in [-0.39, 0.29) is 6.10 Å². The molecule has 7 heteroatoms. The maximum Gasteiger partial charge on any atom is 0.279 e. The fourth-order valence-corrected chi connectivity index (χ4v) is 3.96. The fraction of sp³-hybridized carbons (Fsp3) is 1.00. The van der Waals surface area contributed by atoms with E-state index in [1.54, 1.807) is 0 Å². The van der Waals surface area contributed by atoms with Crippen LogP contribution in [0, 0.1) is 0 Å². The number of rotatable bonds is 10. The zero-order valence-electron chi connectivity index (χ0n) is 13.4. The first-order valence-corrected chi connectivity index (χ1v) is 9.55. The zero-order chi connectivity index (χ0) is 15.7. The highest BCUT2D eigenvalue weighted by Crippen LogP contribution is 2.19. The lowest BCUT2D eigenvalue weighted by Crippen LogP contribution is -2.43. The Hall–Kier alpha value is -0.210. The average molecular weight is 321 g/mol. The van der Waals surface area contributed by atoms with Gasteiger partial charge < -0.3 is 10.5 Å². The summed E-state index contributed by atoms with van der Waals surface area (Å²) in [6, 6.07) is 0.306. The van der Waals surface area contributed by atoms with Gasteiger partial charge in [0.2, 0.25) is 0 Å². The molecule has 1 aliphatic rings. The van der Waals surface area contributed by atoms with Crippen molar-refractivity contribution in [3.63, 3.8) is 0 Å². The van der Waals surface area contributed by atoms with Gasteiger partial charge in [0.1, 0.15) is 0 Å². The molecule has 0 aliphatic heterocycles. The van der Waals surface area contributed by atoms with Crippen molar-refractivity contribution in [1.29, 1.82) is 0 Å². The largest absolute Gasteiger partial charge is 0.377 e. The minimum absolute atomic E-state index is 0.233. The van der Waals surface area contributed by atoms with Gasteiger partial charge in [-0.1, -0.05) is 13.8 Å². The second-order valence-corrected chi connectivity index (χ2v) is 7.46. The number of ether oxygens (including phenoxy) is 1. The Morgan fingerprint density at radius 2 is 1.71 bits per heavy atom. The lowest BCUT2D eigenvalue weighted by atomic mass is 9.94. The molecular weight excluding hydrogens is 290 g/mol. The van der Waals surface area contributed by atoms with E-state index in [1.165, 1.54) is 4.31 Å². The van der Waals surface area contributed by atoms with Gasteiger partial charge in [-0.15, -0.1) is 0 Å². The van der Waals surface area contributed by atoms with Crippen LogP contribution >= 0.6 is 0 Å². The van der Waals surface area contributed by atoms with Crippen LogP contribution in [-0.4, -0.2) is 51.1 Å². The molecule has 0 heterocycles. The SMILES string of the molecule is CCCN(CCC)S(=O)(=O)NCCOC1CCC(N)CC1. The Morgan fingerprint density at radius 1 is 1.14 bits per heavy atom. The van der Waals surface area contributed by atoms with E-state index in [0.29, 0.717) is 32.3 Å². The molecule has 21 heavy (non-hydrogen) atoms. The van der Waals surface area contributed by atoms with Gasteiger partial charge in [0.25, 0.3) is 10.2 Å². The van der Waals surface area contributed by atoms with E-state index in [4.69, 9.17) is 10.5 Å². The van der Waals surface area contributed by atoms with Crippen molar-refractivity contribution in [3.05, 3.63) is 0 Å². The summed E-state index contributed by atoms with van der Waals surface area (Å²) in [5, 5.41) is 0. The van der Waals surface area contributed by atoms with Crippen molar-refractivity contribution in [2.45, 2.75) is 64.5 Å². The number of hydrogen-bond acceptors (Lipinski definition) is 4. The topological polar surface area (TPSA) is 84.7 Å². The number of hydrogen-bond donors (Lipinski definition) is 2. The van der Waals surface area contributed by atoms with Gasteiger partial charge in [0.05, 0.1) is 12.7 Å². The molecule has 1 fully saturated rings. The van der Waals surface area contributed by atoms with Crippen molar-refractivity contribution >= 4 is 10.2 Å². The molecule has 1 rings (SSSR count). The van der Waals surface area contributed by atoms with Crippen LogP contribution in [0.4, 0.5) is 0 Å². The second-order valence-electron chi connectivity index (χ2n) is 5.71. The normalized spacial score (nSPS) is 23.6. The number of nitrogens with zero attached hydrogens (tertiary/aromatic N) is 1. The maximum absolute atomic E-state index is 12.1. The quantitative estimate of drug-likeness (QED) is 0.593. The molecule has 0 atom stereocenters. The van der Waals surface area contributed by atoms with Gasteiger partial charge in [0.15, 0.2) is 0 Å². The Balaban J connectivity index is 2.26. The van der Waals surface area contributed by atoms with Crippen LogP contribution < -0.4 is 10.5 Å². The summed E-state index contributed by atoms with van der Waals surface area (Å²) in [5.41, 5.74) is 5.85. The van der Waals surface area contributed by atoms with Crippen LogP contribution in [0.1, 0.15) is 52.4 Å². The Morgan fingerprint density at radius 3 is 2.24 bits per heavy atom. The van der Waals surface area contributed by atoms with Gasteiger partial charge in [-0.25, -0.2) is 0 Å². The van der Waals surface area contributed by atoms with Crippen LogP contribution in [-0.2, 0) is 14.9 Å². The lowest BCUT2D eigenvalue weighted by Gasteiger charge is -2.26. The molecule has 0 aromatic rings. The highest BCUT2D eigenvalue weighted by atomic mass is 32.2. The van der Waals surface area contributed by atoms with E-state index >= 15 is 0 Å². The van der Waals surface area contributed by atoms with Crippen LogP contribution in [0.2, 0.25) is 0 Å². The summed E-state index contributed by atoms with van der Waals surface area (Å²) >= 11 is 0. The van der Waals surface area contributed by atoms with Gasteiger partial charge >= 0.3 is 0 Å². The third-order valence-electron chi connectivity index (χ3n) is 3.74. The summed E-state index contributed by atoms with van der Waals surface area (Å²) in [6.45, 7) is 5.83.